The van der Waals surface area contributed by atoms with Gasteiger partial charge in [-0.05, 0) is 40.8 Å². The van der Waals surface area contributed by atoms with Gasteiger partial charge in [-0.2, -0.15) is 0 Å². The van der Waals surface area contributed by atoms with Crippen LogP contribution in [0.5, 0.6) is 11.5 Å². The number of aromatic nitrogens is 3. The van der Waals surface area contributed by atoms with Crippen molar-refractivity contribution in [3.05, 3.63) is 70.5 Å². The Kier molecular flexibility index (Phi) is 11.4. The lowest BCUT2D eigenvalue weighted by molar-refractivity contribution is -0.144. The van der Waals surface area contributed by atoms with Gasteiger partial charge < -0.3 is 41.0 Å². The van der Waals surface area contributed by atoms with E-state index in [1.165, 1.54) is 14.2 Å². The molecule has 2 fully saturated rings. The zero-order valence-electron chi connectivity index (χ0n) is 30.2. The molecule has 19 heteroatoms. The highest BCUT2D eigenvalue weighted by molar-refractivity contribution is 6.38. The molecule has 3 aromatic rings. The van der Waals surface area contributed by atoms with Gasteiger partial charge in [0.2, 0.25) is 29.4 Å². The quantitative estimate of drug-likeness (QED) is 0.157. The number of hydrogen-bond acceptors (Lipinski definition) is 11. The Balaban J connectivity index is 0.986. The van der Waals surface area contributed by atoms with Crippen LogP contribution < -0.4 is 31.2 Å². The van der Waals surface area contributed by atoms with E-state index in [0.717, 1.165) is 16.7 Å². The van der Waals surface area contributed by atoms with Crippen molar-refractivity contribution in [3.63, 3.8) is 0 Å². The Labute approximate surface area is 313 Å². The maximum absolute atomic E-state index is 14.5. The number of nitrogens with two attached hydrogens (primary N) is 1. The van der Waals surface area contributed by atoms with Crippen LogP contribution in [0.4, 0.5) is 8.78 Å². The molecule has 3 atom stereocenters. The highest BCUT2D eigenvalue weighted by Gasteiger charge is 2.51. The van der Waals surface area contributed by atoms with E-state index in [1.54, 1.807) is 34.0 Å². The van der Waals surface area contributed by atoms with Gasteiger partial charge in [0.05, 0.1) is 45.7 Å². The number of carbonyl (C=O) groups excluding carboxylic acids is 6. The summed E-state index contributed by atoms with van der Waals surface area (Å²) in [5.74, 6) is -8.41. The number of halogens is 2. The number of amides is 5. The van der Waals surface area contributed by atoms with E-state index in [1.807, 2.05) is 18.2 Å². The number of benzene rings is 2. The van der Waals surface area contributed by atoms with Crippen LogP contribution in [0.2, 0.25) is 0 Å². The summed E-state index contributed by atoms with van der Waals surface area (Å²) < 4.78 is 41.1. The summed E-state index contributed by atoms with van der Waals surface area (Å²) in [6.45, 7) is -0.627. The highest BCUT2D eigenvalue weighted by atomic mass is 19.3. The predicted molar refractivity (Wildman–Crippen MR) is 187 cm³/mol. The SMILES string of the molecule is COc1ccc(CNC(=O)C(=O)C2CC(F)(F)CN2C(=O)CNC(=O)C2C[C@@H](CC(=O)N3Cc4cccc(Cn5cc(CN)nn5)c4C3)C(=O)N2)cc1OC. The molecule has 5 amide bonds. The molecule has 292 valence electrons. The van der Waals surface area contributed by atoms with Gasteiger partial charge in [0.25, 0.3) is 11.8 Å². The van der Waals surface area contributed by atoms with Gasteiger partial charge >= 0.3 is 0 Å². The van der Waals surface area contributed by atoms with Gasteiger partial charge in [0.15, 0.2) is 11.5 Å². The normalized spacial score (nSPS) is 19.8. The maximum atomic E-state index is 14.5. The van der Waals surface area contributed by atoms with Gasteiger partial charge in [-0.25, -0.2) is 13.5 Å². The Bertz CT molecular complexity index is 2010. The summed E-state index contributed by atoms with van der Waals surface area (Å²) in [6.07, 6.45) is 0.508. The van der Waals surface area contributed by atoms with Gasteiger partial charge in [0, 0.05) is 44.9 Å². The Morgan fingerprint density at radius 1 is 1.04 bits per heavy atom. The number of ketones is 1. The number of methoxy groups -OCH3 is 2. The number of ether oxygens (including phenoxy) is 2. The average Bonchev–Trinajstić information content (AvgIpc) is 3.97. The first kappa shape index (κ1) is 38.7. The van der Waals surface area contributed by atoms with E-state index in [0.29, 0.717) is 47.3 Å². The molecule has 17 nitrogen and oxygen atoms in total. The Morgan fingerprint density at radius 2 is 1.82 bits per heavy atom. The molecule has 0 spiro atoms. The van der Waals surface area contributed by atoms with E-state index in [9.17, 15) is 37.5 Å². The van der Waals surface area contributed by atoms with E-state index in [-0.39, 0.29) is 31.8 Å². The predicted octanol–water partition coefficient (Wildman–Crippen LogP) is -0.223. The number of alkyl halides is 2. The summed E-state index contributed by atoms with van der Waals surface area (Å²) >= 11 is 0. The standard InChI is InChI=1S/C36H41F2N9O8/c1-54-28-7-6-20(8-29(28)55-2)13-40-35(53)32(50)27-11-36(37,38)19-47(27)31(49)14-41-34(52)26-9-23(33(51)42-26)10-30(48)45-15-21-4-3-5-22(25(21)18-45)16-46-17-24(12-39)43-44-46/h3-8,17,23,26-27H,9-16,18-19,39H2,1-2H3,(H,40,53)(H,41,52)(H,42,51)/t23-,26?,27?/m0/s1. The number of Topliss-reactive ketones (excluding diaryl/α,β-unsaturated/α-hetero) is 1. The third kappa shape index (κ3) is 8.72. The van der Waals surface area contributed by atoms with Crippen molar-refractivity contribution in [2.75, 3.05) is 27.3 Å². The number of carbonyl (C=O) groups is 6. The van der Waals surface area contributed by atoms with Crippen molar-refractivity contribution in [1.29, 1.82) is 0 Å². The molecule has 2 unspecified atom stereocenters. The first-order valence-electron chi connectivity index (χ1n) is 17.5. The van der Waals surface area contributed by atoms with Crippen LogP contribution in [0.3, 0.4) is 0 Å². The lowest BCUT2D eigenvalue weighted by atomic mass is 10.00. The number of hydrogen-bond donors (Lipinski definition) is 4. The molecular formula is C36H41F2N9O8. The molecule has 6 rings (SSSR count). The molecule has 0 radical (unpaired) electrons. The summed E-state index contributed by atoms with van der Waals surface area (Å²) in [4.78, 5) is 80.2. The minimum absolute atomic E-state index is 0.0322. The summed E-state index contributed by atoms with van der Waals surface area (Å²) in [5, 5.41) is 15.4. The van der Waals surface area contributed by atoms with Crippen LogP contribution >= 0.6 is 0 Å². The van der Waals surface area contributed by atoms with Crippen molar-refractivity contribution < 1.29 is 47.0 Å². The third-order valence-corrected chi connectivity index (χ3v) is 9.94. The number of rotatable bonds is 14. The van der Waals surface area contributed by atoms with E-state index in [2.05, 4.69) is 26.3 Å². The summed E-state index contributed by atoms with van der Waals surface area (Å²) in [6, 6.07) is 7.72. The fourth-order valence-electron chi connectivity index (χ4n) is 7.04. The average molecular weight is 766 g/mol. The molecule has 0 saturated carbocycles. The van der Waals surface area contributed by atoms with Crippen LogP contribution in [0, 0.1) is 5.92 Å². The van der Waals surface area contributed by atoms with Crippen LogP contribution in [-0.2, 0) is 61.5 Å². The molecule has 3 aliphatic heterocycles. The zero-order chi connectivity index (χ0) is 39.4. The molecule has 2 aromatic carbocycles. The lowest BCUT2D eigenvalue weighted by Crippen LogP contribution is -2.51. The molecule has 4 heterocycles. The van der Waals surface area contributed by atoms with E-state index < -0.39 is 72.8 Å². The number of nitrogens with zero attached hydrogens (tertiary/aromatic N) is 5. The molecular weight excluding hydrogens is 724 g/mol. The molecule has 1 aromatic heterocycles. The number of nitrogens with one attached hydrogen (secondary N) is 3. The summed E-state index contributed by atoms with van der Waals surface area (Å²) in [5.41, 5.74) is 9.74. The zero-order valence-corrected chi connectivity index (χ0v) is 30.2. The van der Waals surface area contributed by atoms with Crippen LogP contribution in [0.15, 0.2) is 42.6 Å². The Morgan fingerprint density at radius 3 is 2.55 bits per heavy atom. The van der Waals surface area contributed by atoms with Crippen LogP contribution in [0.25, 0.3) is 0 Å². The topological polar surface area (TPSA) is 220 Å². The van der Waals surface area contributed by atoms with Gasteiger partial charge in [-0.3, -0.25) is 28.8 Å². The van der Waals surface area contributed by atoms with Crippen molar-refractivity contribution in [1.82, 2.24) is 40.7 Å². The van der Waals surface area contributed by atoms with Crippen LogP contribution in [0.1, 0.15) is 47.2 Å². The third-order valence-electron chi connectivity index (χ3n) is 9.94. The van der Waals surface area contributed by atoms with Gasteiger partial charge in [0.1, 0.15) is 12.1 Å². The molecule has 55 heavy (non-hydrogen) atoms. The molecule has 2 saturated heterocycles. The molecule has 0 bridgehead atoms. The minimum Gasteiger partial charge on any atom is -0.493 e. The second kappa shape index (κ2) is 16.2. The number of likely N-dealkylation sites (tertiary alicyclic amines) is 1. The van der Waals surface area contributed by atoms with Crippen molar-refractivity contribution in [2.45, 2.75) is 70.0 Å². The van der Waals surface area contributed by atoms with E-state index in [4.69, 9.17) is 15.2 Å². The van der Waals surface area contributed by atoms with E-state index >= 15 is 0 Å². The van der Waals surface area contributed by atoms with Gasteiger partial charge in [-0.1, -0.05) is 29.5 Å². The van der Waals surface area contributed by atoms with Crippen molar-refractivity contribution in [2.24, 2.45) is 11.7 Å². The fraction of sp³-hybridized carbons (Fsp3) is 0.444. The minimum atomic E-state index is -3.45. The maximum Gasteiger partial charge on any atom is 0.289 e. The van der Waals surface area contributed by atoms with Crippen molar-refractivity contribution in [3.8, 4) is 11.5 Å². The molecule has 3 aliphatic rings. The second-order valence-corrected chi connectivity index (χ2v) is 13.7. The first-order chi connectivity index (χ1) is 26.3. The highest BCUT2D eigenvalue weighted by Crippen LogP contribution is 2.33. The number of fused-ring (bicyclic) bond motifs is 1. The van der Waals surface area contributed by atoms with Crippen LogP contribution in [-0.4, -0.2) is 105 Å². The molecule has 5 N–H and O–H groups in total. The fourth-order valence-corrected chi connectivity index (χ4v) is 7.04. The van der Waals surface area contributed by atoms with Gasteiger partial charge in [-0.15, -0.1) is 5.10 Å². The molecule has 0 aliphatic carbocycles. The van der Waals surface area contributed by atoms with Crippen molar-refractivity contribution >= 4 is 35.3 Å². The Hall–Kier alpha value is -5.98. The first-order valence-corrected chi connectivity index (χ1v) is 17.5. The monoisotopic (exact) mass is 765 g/mol. The smallest absolute Gasteiger partial charge is 0.289 e. The lowest BCUT2D eigenvalue weighted by Gasteiger charge is -2.23. The summed E-state index contributed by atoms with van der Waals surface area (Å²) in [7, 11) is 2.88. The second-order valence-electron chi connectivity index (χ2n) is 13.7. The largest absolute Gasteiger partial charge is 0.493 e.